The third-order valence-electron chi connectivity index (χ3n) is 4.08. The van der Waals surface area contributed by atoms with E-state index in [1.807, 2.05) is 32.0 Å². The monoisotopic (exact) mass is 368 g/mol. The van der Waals surface area contributed by atoms with E-state index in [-0.39, 0.29) is 18.6 Å². The summed E-state index contributed by atoms with van der Waals surface area (Å²) in [4.78, 5) is 12.1. The van der Waals surface area contributed by atoms with Crippen LogP contribution < -0.4 is 19.6 Å². The highest BCUT2D eigenvalue weighted by Gasteiger charge is 2.14. The molecule has 0 spiro atoms. The average Bonchev–Trinajstić information content (AvgIpc) is 3.14. The van der Waals surface area contributed by atoms with Gasteiger partial charge in [-0.25, -0.2) is 5.43 Å². The predicted molar refractivity (Wildman–Crippen MR) is 104 cm³/mol. The lowest BCUT2D eigenvalue weighted by Crippen LogP contribution is -2.18. The minimum Gasteiger partial charge on any atom is -0.494 e. The molecule has 3 rings (SSSR count). The van der Waals surface area contributed by atoms with E-state index in [9.17, 15) is 4.79 Å². The first-order chi connectivity index (χ1) is 13.2. The summed E-state index contributed by atoms with van der Waals surface area (Å²) in [5.41, 5.74) is 4.24. The number of rotatable bonds is 8. The quantitative estimate of drug-likeness (QED) is 0.568. The zero-order valence-corrected chi connectivity index (χ0v) is 15.6. The zero-order chi connectivity index (χ0) is 19.1. The van der Waals surface area contributed by atoms with Crippen LogP contribution in [0.1, 0.15) is 36.2 Å². The van der Waals surface area contributed by atoms with Crippen molar-refractivity contribution < 1.29 is 19.0 Å². The predicted octanol–water partition coefficient (Wildman–Crippen LogP) is 3.80. The van der Waals surface area contributed by atoms with Crippen LogP contribution in [0.25, 0.3) is 0 Å². The van der Waals surface area contributed by atoms with Crippen LogP contribution in [0.5, 0.6) is 17.2 Å². The second kappa shape index (κ2) is 9.07. The number of hydrazone groups is 1. The zero-order valence-electron chi connectivity index (χ0n) is 15.6. The topological polar surface area (TPSA) is 69.2 Å². The summed E-state index contributed by atoms with van der Waals surface area (Å²) >= 11 is 0. The Bertz CT molecular complexity index is 802. The Morgan fingerprint density at radius 1 is 1.22 bits per heavy atom. The third-order valence-corrected chi connectivity index (χ3v) is 4.08. The molecule has 6 nitrogen and oxygen atoms in total. The number of nitrogens with one attached hydrogen (secondary N) is 1. The van der Waals surface area contributed by atoms with Crippen LogP contribution in [-0.4, -0.2) is 25.5 Å². The summed E-state index contributed by atoms with van der Waals surface area (Å²) in [6, 6.07) is 12.9. The number of ether oxygens (including phenoxy) is 3. The minimum absolute atomic E-state index is 0.162. The molecule has 1 amide bonds. The van der Waals surface area contributed by atoms with E-state index in [4.69, 9.17) is 14.2 Å². The first kappa shape index (κ1) is 18.8. The van der Waals surface area contributed by atoms with E-state index in [2.05, 4.69) is 10.5 Å². The molecule has 0 saturated heterocycles. The Morgan fingerprint density at radius 3 is 2.78 bits per heavy atom. The molecule has 142 valence electrons. The van der Waals surface area contributed by atoms with E-state index < -0.39 is 0 Å². The lowest BCUT2D eigenvalue weighted by atomic mass is 10.0. The summed E-state index contributed by atoms with van der Waals surface area (Å²) < 4.78 is 16.2. The van der Waals surface area contributed by atoms with Gasteiger partial charge in [0.1, 0.15) is 5.75 Å². The van der Waals surface area contributed by atoms with E-state index in [1.54, 1.807) is 30.5 Å². The molecule has 0 aromatic heterocycles. The molecule has 2 aromatic carbocycles. The van der Waals surface area contributed by atoms with Crippen molar-refractivity contribution in [1.82, 2.24) is 5.43 Å². The second-order valence-corrected chi connectivity index (χ2v) is 6.46. The van der Waals surface area contributed by atoms with E-state index in [0.29, 0.717) is 12.2 Å². The van der Waals surface area contributed by atoms with Crippen LogP contribution in [0.15, 0.2) is 47.6 Å². The molecule has 0 unspecified atom stereocenters. The highest BCUT2D eigenvalue weighted by molar-refractivity contribution is 5.94. The molecule has 6 heteroatoms. The Morgan fingerprint density at radius 2 is 2.00 bits per heavy atom. The van der Waals surface area contributed by atoms with Crippen molar-refractivity contribution in [2.75, 3.05) is 13.4 Å². The summed E-state index contributed by atoms with van der Waals surface area (Å²) in [5.74, 6) is 2.23. The van der Waals surface area contributed by atoms with Crippen molar-refractivity contribution in [3.63, 3.8) is 0 Å². The third kappa shape index (κ3) is 5.23. The summed E-state index contributed by atoms with van der Waals surface area (Å²) in [6.07, 6.45) is 3.47. The average molecular weight is 368 g/mol. The van der Waals surface area contributed by atoms with Crippen molar-refractivity contribution in [3.8, 4) is 17.2 Å². The van der Waals surface area contributed by atoms with E-state index in [1.165, 1.54) is 0 Å². The number of benzene rings is 2. The molecule has 0 radical (unpaired) electrons. The van der Waals surface area contributed by atoms with Gasteiger partial charge in [-0.3, -0.25) is 4.79 Å². The molecule has 0 fully saturated rings. The highest BCUT2D eigenvalue weighted by Crippen LogP contribution is 2.32. The SMILES string of the molecule is CCCOc1ccc(C(=O)N/N=C\[C@@H](C)Cc2ccc3c(c2)OCO3)cc1. The van der Waals surface area contributed by atoms with Crippen LogP contribution in [0.4, 0.5) is 0 Å². The Hall–Kier alpha value is -3.02. The standard InChI is InChI=1S/C21H24N2O4/c1-3-10-25-18-7-5-17(6-8-18)21(24)23-22-13-15(2)11-16-4-9-19-20(12-16)27-14-26-19/h4-9,12-13,15H,3,10-11,14H2,1-2H3,(H,23,24)/b22-13-/t15-/m0/s1. The Labute approximate surface area is 159 Å². The van der Waals surface area contributed by atoms with Crippen molar-refractivity contribution in [2.45, 2.75) is 26.7 Å². The second-order valence-electron chi connectivity index (χ2n) is 6.46. The van der Waals surface area contributed by atoms with Crippen molar-refractivity contribution in [3.05, 3.63) is 53.6 Å². The minimum atomic E-state index is -0.247. The molecule has 1 N–H and O–H groups in total. The molecule has 0 bridgehead atoms. The number of hydrogen-bond donors (Lipinski definition) is 1. The van der Waals surface area contributed by atoms with Crippen LogP contribution in [0.3, 0.4) is 0 Å². The maximum Gasteiger partial charge on any atom is 0.271 e. The number of amides is 1. The molecule has 2 aromatic rings. The molecule has 0 aliphatic carbocycles. The molecule has 1 atom stereocenters. The van der Waals surface area contributed by atoms with Gasteiger partial charge in [0.2, 0.25) is 6.79 Å². The fraction of sp³-hybridized carbons (Fsp3) is 0.333. The molecule has 27 heavy (non-hydrogen) atoms. The van der Waals surface area contributed by atoms with Gasteiger partial charge >= 0.3 is 0 Å². The van der Waals surface area contributed by atoms with Gasteiger partial charge in [-0.1, -0.05) is 19.9 Å². The molecular formula is C21H24N2O4. The maximum atomic E-state index is 12.1. The number of carbonyl (C=O) groups excluding carboxylic acids is 1. The van der Waals surface area contributed by atoms with Crippen molar-refractivity contribution >= 4 is 12.1 Å². The molecule has 1 aliphatic heterocycles. The lowest BCUT2D eigenvalue weighted by molar-refractivity contribution is 0.0955. The van der Waals surface area contributed by atoms with Gasteiger partial charge in [-0.05, 0) is 60.7 Å². The first-order valence-corrected chi connectivity index (χ1v) is 9.10. The van der Waals surface area contributed by atoms with Crippen LogP contribution in [0.2, 0.25) is 0 Å². The Kier molecular flexibility index (Phi) is 6.30. The molecular weight excluding hydrogens is 344 g/mol. The molecule has 1 aliphatic rings. The van der Waals surface area contributed by atoms with Gasteiger partial charge in [-0.15, -0.1) is 0 Å². The largest absolute Gasteiger partial charge is 0.494 e. The number of carbonyl (C=O) groups is 1. The van der Waals surface area contributed by atoms with Crippen LogP contribution >= 0.6 is 0 Å². The van der Waals surface area contributed by atoms with Gasteiger partial charge in [0, 0.05) is 11.8 Å². The summed E-state index contributed by atoms with van der Waals surface area (Å²) in [6.45, 7) is 5.03. The Balaban J connectivity index is 1.48. The lowest BCUT2D eigenvalue weighted by Gasteiger charge is -2.07. The fourth-order valence-corrected chi connectivity index (χ4v) is 2.70. The van der Waals surface area contributed by atoms with Gasteiger partial charge in [-0.2, -0.15) is 5.10 Å². The number of nitrogens with zero attached hydrogens (tertiary/aromatic N) is 1. The van der Waals surface area contributed by atoms with Gasteiger partial charge in [0.25, 0.3) is 5.91 Å². The molecule has 0 saturated carbocycles. The summed E-state index contributed by atoms with van der Waals surface area (Å²) in [5, 5.41) is 4.08. The first-order valence-electron chi connectivity index (χ1n) is 9.10. The van der Waals surface area contributed by atoms with E-state index >= 15 is 0 Å². The normalized spacial score (nSPS) is 13.6. The van der Waals surface area contributed by atoms with Crippen molar-refractivity contribution in [1.29, 1.82) is 0 Å². The maximum absolute atomic E-state index is 12.1. The van der Waals surface area contributed by atoms with Crippen LogP contribution in [-0.2, 0) is 6.42 Å². The van der Waals surface area contributed by atoms with Crippen LogP contribution in [0, 0.1) is 5.92 Å². The molecule has 1 heterocycles. The number of hydrogen-bond acceptors (Lipinski definition) is 5. The van der Waals surface area contributed by atoms with Crippen molar-refractivity contribution in [2.24, 2.45) is 11.0 Å². The summed E-state index contributed by atoms with van der Waals surface area (Å²) in [7, 11) is 0. The van der Waals surface area contributed by atoms with Gasteiger partial charge in [0.15, 0.2) is 11.5 Å². The van der Waals surface area contributed by atoms with Gasteiger partial charge in [0.05, 0.1) is 6.61 Å². The highest BCUT2D eigenvalue weighted by atomic mass is 16.7. The fourth-order valence-electron chi connectivity index (χ4n) is 2.70. The number of fused-ring (bicyclic) bond motifs is 1. The smallest absolute Gasteiger partial charge is 0.271 e. The van der Waals surface area contributed by atoms with Gasteiger partial charge < -0.3 is 14.2 Å². The van der Waals surface area contributed by atoms with E-state index in [0.717, 1.165) is 35.7 Å².